The third-order valence-electron chi connectivity index (χ3n) is 6.54. The first-order valence-electron chi connectivity index (χ1n) is 13.5. The molecule has 214 valence electrons. The summed E-state index contributed by atoms with van der Waals surface area (Å²) in [4.78, 5) is 33.4. The van der Waals surface area contributed by atoms with Gasteiger partial charge in [0, 0.05) is 25.2 Å². The van der Waals surface area contributed by atoms with Gasteiger partial charge in [-0.25, -0.2) is 4.79 Å². The van der Waals surface area contributed by atoms with E-state index in [-0.39, 0.29) is 43.7 Å². The van der Waals surface area contributed by atoms with Crippen molar-refractivity contribution in [2.75, 3.05) is 44.3 Å². The van der Waals surface area contributed by atoms with E-state index >= 15 is 0 Å². The topological polar surface area (TPSA) is 142 Å². The third-order valence-corrected chi connectivity index (χ3v) is 6.54. The molecular weight excluding hydrogens is 510 g/mol. The second-order valence-electron chi connectivity index (χ2n) is 9.42. The Morgan fingerprint density at radius 1 is 1.15 bits per heavy atom. The van der Waals surface area contributed by atoms with Gasteiger partial charge >= 0.3 is 11.9 Å². The fourth-order valence-electron chi connectivity index (χ4n) is 4.53. The molecule has 40 heavy (non-hydrogen) atoms. The Kier molecular flexibility index (Phi) is 11.1. The highest BCUT2D eigenvalue weighted by Gasteiger charge is 2.23. The average Bonchev–Trinajstić information content (AvgIpc) is 2.93. The molecular formula is C30H39N5O5. The summed E-state index contributed by atoms with van der Waals surface area (Å²) in [5.74, 6) is -0.300. The highest BCUT2D eigenvalue weighted by atomic mass is 16.5. The average molecular weight is 550 g/mol. The Balaban J connectivity index is 1.78. The highest BCUT2D eigenvalue weighted by Crippen LogP contribution is 2.29. The maximum Gasteiger partial charge on any atom is 0.344 e. The summed E-state index contributed by atoms with van der Waals surface area (Å²) in [6, 6.07) is 12.5. The van der Waals surface area contributed by atoms with E-state index in [0.717, 1.165) is 37.1 Å². The maximum absolute atomic E-state index is 12.6. The fourth-order valence-corrected chi connectivity index (χ4v) is 4.53. The van der Waals surface area contributed by atoms with Crippen molar-refractivity contribution < 1.29 is 24.2 Å². The lowest BCUT2D eigenvalue weighted by Gasteiger charge is -2.31. The van der Waals surface area contributed by atoms with Gasteiger partial charge < -0.3 is 30.1 Å². The van der Waals surface area contributed by atoms with Crippen LogP contribution in [0.4, 0.5) is 5.69 Å². The number of likely N-dealkylation sites (tertiary alicyclic amines) is 1. The van der Waals surface area contributed by atoms with Crippen molar-refractivity contribution in [1.82, 2.24) is 4.90 Å². The standard InChI is InChI=1S/C30H39N5O5/c1-4-39-27(37)20-35(25-12-7-13-26(36)28(25)30(38)40-5-2)16-8-10-22-9-6-11-23(19-22)29(32)33-24-14-17-34(18-15-24)21(3)31/h6-13,19,24,31,36H,4-5,14-18,20H2,1-3H3,(H2,32,33)/b10-8+,31-21?. The summed E-state index contributed by atoms with van der Waals surface area (Å²) in [6.45, 7) is 7.33. The van der Waals surface area contributed by atoms with Gasteiger partial charge in [0.15, 0.2) is 0 Å². The monoisotopic (exact) mass is 549 g/mol. The van der Waals surface area contributed by atoms with E-state index in [0.29, 0.717) is 17.4 Å². The first-order valence-corrected chi connectivity index (χ1v) is 13.5. The van der Waals surface area contributed by atoms with E-state index in [9.17, 15) is 14.7 Å². The molecule has 4 N–H and O–H groups in total. The molecule has 0 atom stereocenters. The van der Waals surface area contributed by atoms with Crippen molar-refractivity contribution in [3.05, 3.63) is 65.2 Å². The summed E-state index contributed by atoms with van der Waals surface area (Å²) in [5.41, 5.74) is 8.42. The normalized spacial score (nSPS) is 14.3. The van der Waals surface area contributed by atoms with Crippen molar-refractivity contribution in [3.8, 4) is 5.75 Å². The number of carbonyl (C=O) groups excluding carboxylic acids is 2. The van der Waals surface area contributed by atoms with Crippen LogP contribution in [0.15, 0.2) is 53.5 Å². The lowest BCUT2D eigenvalue weighted by Crippen LogP contribution is -2.38. The molecule has 1 heterocycles. The maximum atomic E-state index is 12.6. The van der Waals surface area contributed by atoms with E-state index in [1.54, 1.807) is 37.8 Å². The number of hydrogen-bond acceptors (Lipinski definition) is 8. The van der Waals surface area contributed by atoms with Gasteiger partial charge in [0.2, 0.25) is 0 Å². The van der Waals surface area contributed by atoms with Gasteiger partial charge in [0.25, 0.3) is 0 Å². The molecule has 2 aromatic carbocycles. The number of esters is 2. The number of benzene rings is 2. The van der Waals surface area contributed by atoms with Crippen LogP contribution >= 0.6 is 0 Å². The first-order chi connectivity index (χ1) is 19.2. The van der Waals surface area contributed by atoms with Crippen LogP contribution in [-0.2, 0) is 14.3 Å². The van der Waals surface area contributed by atoms with Crippen molar-refractivity contribution in [2.45, 2.75) is 39.7 Å². The molecule has 0 aliphatic carbocycles. The van der Waals surface area contributed by atoms with Crippen molar-refractivity contribution in [3.63, 3.8) is 0 Å². The van der Waals surface area contributed by atoms with Crippen LogP contribution in [0.2, 0.25) is 0 Å². The van der Waals surface area contributed by atoms with E-state index in [1.807, 2.05) is 41.3 Å². The van der Waals surface area contributed by atoms with Crippen LogP contribution in [0.25, 0.3) is 6.08 Å². The van der Waals surface area contributed by atoms with Crippen LogP contribution in [0.3, 0.4) is 0 Å². The number of nitrogens with one attached hydrogen (secondary N) is 1. The molecule has 1 aliphatic rings. The molecule has 0 unspecified atom stereocenters. The fraction of sp³-hybridized carbons (Fsp3) is 0.400. The Labute approximate surface area is 235 Å². The molecule has 0 aromatic heterocycles. The molecule has 2 aromatic rings. The molecule has 1 fully saturated rings. The van der Waals surface area contributed by atoms with Gasteiger partial charge in [-0.1, -0.05) is 36.4 Å². The number of nitrogens with two attached hydrogens (primary N) is 1. The molecule has 0 radical (unpaired) electrons. The number of nitrogens with zero attached hydrogens (tertiary/aromatic N) is 3. The molecule has 3 rings (SSSR count). The Morgan fingerprint density at radius 2 is 1.85 bits per heavy atom. The molecule has 1 saturated heterocycles. The van der Waals surface area contributed by atoms with E-state index < -0.39 is 11.9 Å². The van der Waals surface area contributed by atoms with E-state index in [1.165, 1.54) is 6.07 Å². The quantitative estimate of drug-likeness (QED) is 0.218. The number of phenols is 1. The van der Waals surface area contributed by atoms with Gasteiger partial charge in [0.1, 0.15) is 23.7 Å². The van der Waals surface area contributed by atoms with Crippen LogP contribution < -0.4 is 10.6 Å². The number of carbonyl (C=O) groups is 2. The number of piperidine rings is 1. The number of aliphatic imine (C=N–C) groups is 1. The minimum atomic E-state index is -0.672. The van der Waals surface area contributed by atoms with E-state index in [4.69, 9.17) is 25.6 Å². The van der Waals surface area contributed by atoms with Gasteiger partial charge in [-0.15, -0.1) is 0 Å². The predicted octanol–water partition coefficient (Wildman–Crippen LogP) is 3.82. The first kappa shape index (κ1) is 30.2. The van der Waals surface area contributed by atoms with Crippen molar-refractivity contribution in [1.29, 1.82) is 5.41 Å². The predicted molar refractivity (Wildman–Crippen MR) is 157 cm³/mol. The summed E-state index contributed by atoms with van der Waals surface area (Å²) in [5, 5.41) is 18.2. The largest absolute Gasteiger partial charge is 0.507 e. The zero-order valence-electron chi connectivity index (χ0n) is 23.4. The third kappa shape index (κ3) is 8.33. The molecule has 10 heteroatoms. The molecule has 0 amide bonds. The van der Waals surface area contributed by atoms with Crippen LogP contribution in [-0.4, -0.2) is 79.1 Å². The summed E-state index contributed by atoms with van der Waals surface area (Å²) in [7, 11) is 0. The van der Waals surface area contributed by atoms with Gasteiger partial charge in [0.05, 0.1) is 30.8 Å². The molecule has 1 aliphatic heterocycles. The second-order valence-corrected chi connectivity index (χ2v) is 9.42. The summed E-state index contributed by atoms with van der Waals surface area (Å²) < 4.78 is 10.3. The SMILES string of the molecule is CCOC(=O)CN(C/C=C/c1cccc(C(N)=NC2CCN(C(C)=N)CC2)c1)c1cccc(O)c1C(=O)OCC. The lowest BCUT2D eigenvalue weighted by atomic mass is 10.0. The van der Waals surface area contributed by atoms with Crippen LogP contribution in [0.5, 0.6) is 5.75 Å². The second kappa shape index (κ2) is 14.7. The lowest BCUT2D eigenvalue weighted by molar-refractivity contribution is -0.141. The Bertz CT molecular complexity index is 1250. The number of rotatable bonds is 11. The smallest absolute Gasteiger partial charge is 0.344 e. The Morgan fingerprint density at radius 3 is 2.52 bits per heavy atom. The number of hydrogen-bond donors (Lipinski definition) is 3. The van der Waals surface area contributed by atoms with Crippen LogP contribution in [0.1, 0.15) is 55.1 Å². The zero-order chi connectivity index (χ0) is 29.1. The van der Waals surface area contributed by atoms with E-state index in [2.05, 4.69) is 0 Å². The zero-order valence-corrected chi connectivity index (χ0v) is 23.4. The molecule has 0 spiro atoms. The number of amidine groups is 2. The molecule has 10 nitrogen and oxygen atoms in total. The van der Waals surface area contributed by atoms with Crippen molar-refractivity contribution >= 4 is 35.4 Å². The Hall–Kier alpha value is -4.34. The number of ether oxygens (including phenoxy) is 2. The number of anilines is 1. The number of aromatic hydroxyl groups is 1. The molecule has 0 saturated carbocycles. The van der Waals surface area contributed by atoms with Gasteiger partial charge in [-0.3, -0.25) is 15.2 Å². The molecule has 0 bridgehead atoms. The van der Waals surface area contributed by atoms with Gasteiger partial charge in [-0.05, 0) is 57.4 Å². The highest BCUT2D eigenvalue weighted by molar-refractivity contribution is 5.99. The summed E-state index contributed by atoms with van der Waals surface area (Å²) in [6.07, 6.45) is 5.47. The minimum Gasteiger partial charge on any atom is -0.507 e. The minimum absolute atomic E-state index is 0.00496. The van der Waals surface area contributed by atoms with Gasteiger partial charge in [-0.2, -0.15) is 0 Å². The van der Waals surface area contributed by atoms with Crippen molar-refractivity contribution in [2.24, 2.45) is 10.7 Å². The summed E-state index contributed by atoms with van der Waals surface area (Å²) >= 11 is 0. The number of phenolic OH excluding ortho intramolecular Hbond substituents is 1. The van der Waals surface area contributed by atoms with Crippen LogP contribution in [0, 0.1) is 5.41 Å².